The van der Waals surface area contributed by atoms with E-state index in [1.165, 1.54) is 12.7 Å². The van der Waals surface area contributed by atoms with Crippen LogP contribution < -0.4 is 34.6 Å². The Balaban J connectivity index is 0.00000578. The second kappa shape index (κ2) is 15.9. The molecule has 2 aromatic carbocycles. The first-order chi connectivity index (χ1) is 15.9. The number of likely N-dealkylation sites (N-methyl/N-ethyl adjacent to an activating group) is 1. The van der Waals surface area contributed by atoms with Crippen molar-refractivity contribution in [3.63, 3.8) is 0 Å². The summed E-state index contributed by atoms with van der Waals surface area (Å²) in [7, 11) is 1.43. The van der Waals surface area contributed by atoms with E-state index < -0.39 is 6.03 Å². The summed E-state index contributed by atoms with van der Waals surface area (Å²) >= 11 is 6.04. The van der Waals surface area contributed by atoms with Crippen LogP contribution in [0.3, 0.4) is 0 Å². The van der Waals surface area contributed by atoms with Crippen LogP contribution in [0.15, 0.2) is 54.6 Å². The lowest BCUT2D eigenvalue weighted by Gasteiger charge is -2.39. The lowest BCUT2D eigenvalue weighted by Crippen LogP contribution is -3.00. The van der Waals surface area contributed by atoms with Crippen molar-refractivity contribution in [1.82, 2.24) is 0 Å². The number of ether oxygens (including phenoxy) is 1. The highest BCUT2D eigenvalue weighted by Gasteiger charge is 2.25. The van der Waals surface area contributed by atoms with Crippen molar-refractivity contribution in [2.24, 2.45) is 5.73 Å². The zero-order chi connectivity index (χ0) is 24.1. The number of nitrogens with zero attached hydrogens (tertiary/aromatic N) is 2. The topological polar surface area (TPSA) is 72.6 Å². The van der Waals surface area contributed by atoms with Gasteiger partial charge in [-0.3, -0.25) is 9.69 Å². The second-order valence-corrected chi connectivity index (χ2v) is 8.85. The van der Waals surface area contributed by atoms with Crippen LogP contribution in [0, 0.1) is 0 Å². The van der Waals surface area contributed by atoms with Crippen LogP contribution in [0.5, 0.6) is 0 Å². The van der Waals surface area contributed by atoms with E-state index in [2.05, 4.69) is 19.1 Å². The van der Waals surface area contributed by atoms with Crippen LogP contribution in [-0.4, -0.2) is 56.3 Å². The Morgan fingerprint density at radius 3 is 2.21 bits per heavy atom. The third kappa shape index (κ3) is 10.2. The van der Waals surface area contributed by atoms with E-state index in [9.17, 15) is 9.59 Å². The first-order valence-electron chi connectivity index (χ1n) is 11.7. The van der Waals surface area contributed by atoms with Gasteiger partial charge in [-0.05, 0) is 49.6 Å². The van der Waals surface area contributed by atoms with Crippen molar-refractivity contribution >= 4 is 29.3 Å². The number of urea groups is 1. The van der Waals surface area contributed by atoms with Crippen molar-refractivity contribution in [3.05, 3.63) is 65.2 Å². The largest absolute Gasteiger partial charge is 1.00 e. The Kier molecular flexibility index (Phi) is 14.2. The normalized spacial score (nSPS) is 12.3. The van der Waals surface area contributed by atoms with E-state index in [1.807, 2.05) is 42.5 Å². The van der Waals surface area contributed by atoms with E-state index in [4.69, 9.17) is 22.1 Å². The van der Waals surface area contributed by atoms with Crippen molar-refractivity contribution < 1.29 is 42.8 Å². The molecule has 0 bridgehead atoms. The molecule has 0 aromatic heterocycles. The first kappa shape index (κ1) is 30.2. The van der Waals surface area contributed by atoms with Gasteiger partial charge >= 0.3 is 12.0 Å². The van der Waals surface area contributed by atoms with Crippen LogP contribution in [0.4, 0.5) is 10.5 Å². The van der Waals surface area contributed by atoms with E-state index >= 15 is 0 Å². The van der Waals surface area contributed by atoms with Gasteiger partial charge < -0.3 is 38.9 Å². The number of nitrogens with two attached hydrogens (primary N) is 1. The zero-order valence-electron chi connectivity index (χ0n) is 20.2. The average molecular weight is 602 g/mol. The highest BCUT2D eigenvalue weighted by Crippen LogP contribution is 2.18. The van der Waals surface area contributed by atoms with Crippen molar-refractivity contribution in [3.8, 4) is 0 Å². The minimum atomic E-state index is -0.435. The first-order valence-corrected chi connectivity index (χ1v) is 12.1. The van der Waals surface area contributed by atoms with Gasteiger partial charge in [-0.1, -0.05) is 41.9 Å². The molecule has 0 spiro atoms. The van der Waals surface area contributed by atoms with Gasteiger partial charge in [0, 0.05) is 36.5 Å². The number of amides is 2. The summed E-state index contributed by atoms with van der Waals surface area (Å²) in [5, 5.41) is 0.741. The number of esters is 1. The molecule has 0 aliphatic rings. The SMILES string of the molecule is CC[N+](CCCCC(=O)OC)(CCCN(C(N)=O)c1ccccc1)CCc1ccc(Cl)cc1.[I-]. The summed E-state index contributed by atoms with van der Waals surface area (Å²) < 4.78 is 5.70. The summed E-state index contributed by atoms with van der Waals surface area (Å²) in [6, 6.07) is 17.1. The van der Waals surface area contributed by atoms with Crippen LogP contribution in [0.1, 0.15) is 38.2 Å². The molecule has 34 heavy (non-hydrogen) atoms. The van der Waals surface area contributed by atoms with Gasteiger partial charge in [0.15, 0.2) is 0 Å². The fourth-order valence-electron chi connectivity index (χ4n) is 4.18. The molecule has 2 N–H and O–H groups in total. The molecule has 0 radical (unpaired) electrons. The minimum Gasteiger partial charge on any atom is -1.00 e. The number of rotatable bonds is 14. The third-order valence-corrected chi connectivity index (χ3v) is 6.55. The smallest absolute Gasteiger partial charge is 0.319 e. The fourth-order valence-corrected chi connectivity index (χ4v) is 4.31. The number of anilines is 1. The number of unbranched alkanes of at least 4 members (excludes halogenated alkanes) is 1. The molecule has 188 valence electrons. The van der Waals surface area contributed by atoms with Gasteiger partial charge in [-0.2, -0.15) is 0 Å². The second-order valence-electron chi connectivity index (χ2n) is 8.42. The average Bonchev–Trinajstić information content (AvgIpc) is 2.83. The molecule has 0 aliphatic carbocycles. The number of carbonyl (C=O) groups is 2. The molecule has 1 atom stereocenters. The zero-order valence-corrected chi connectivity index (χ0v) is 23.1. The summed E-state index contributed by atoms with van der Waals surface area (Å²) in [5.74, 6) is -0.161. The van der Waals surface area contributed by atoms with Crippen LogP contribution in [0.25, 0.3) is 0 Å². The van der Waals surface area contributed by atoms with E-state index in [0.717, 1.165) is 67.1 Å². The Labute approximate surface area is 226 Å². The molecule has 1 unspecified atom stereocenters. The Bertz CT molecular complexity index is 867. The summed E-state index contributed by atoms with van der Waals surface area (Å²) in [6.45, 7) is 6.65. The number of methoxy groups -OCH3 is 1. The number of hydrogen-bond donors (Lipinski definition) is 1. The molecule has 0 aliphatic heterocycles. The Morgan fingerprint density at radius 2 is 1.62 bits per heavy atom. The van der Waals surface area contributed by atoms with E-state index in [1.54, 1.807) is 4.90 Å². The van der Waals surface area contributed by atoms with E-state index in [-0.39, 0.29) is 29.9 Å². The van der Waals surface area contributed by atoms with Crippen LogP contribution in [0.2, 0.25) is 5.02 Å². The predicted octanol–water partition coefficient (Wildman–Crippen LogP) is 2.04. The summed E-state index contributed by atoms with van der Waals surface area (Å²) in [5.41, 5.74) is 7.74. The van der Waals surface area contributed by atoms with Gasteiger partial charge in [0.25, 0.3) is 0 Å². The maximum absolute atomic E-state index is 12.1. The molecule has 0 saturated heterocycles. The van der Waals surface area contributed by atoms with Gasteiger partial charge in [-0.25, -0.2) is 4.79 Å². The van der Waals surface area contributed by atoms with Gasteiger partial charge in [0.1, 0.15) is 0 Å². The van der Waals surface area contributed by atoms with E-state index in [0.29, 0.717) is 13.0 Å². The predicted molar refractivity (Wildman–Crippen MR) is 134 cm³/mol. The molecule has 0 fully saturated rings. The minimum absolute atomic E-state index is 0. The Hall–Kier alpha value is -1.84. The number of carbonyl (C=O) groups excluding carboxylic acids is 2. The van der Waals surface area contributed by atoms with Crippen molar-refractivity contribution in [2.45, 2.75) is 39.0 Å². The van der Waals surface area contributed by atoms with Crippen molar-refractivity contribution in [1.29, 1.82) is 0 Å². The lowest BCUT2D eigenvalue weighted by atomic mass is 10.1. The molecular formula is C26H37ClIN3O3. The number of halogens is 2. The molecule has 0 heterocycles. The maximum Gasteiger partial charge on any atom is 0.319 e. The van der Waals surface area contributed by atoms with Crippen molar-refractivity contribution in [2.75, 3.05) is 44.7 Å². The molecule has 2 rings (SSSR count). The third-order valence-electron chi connectivity index (χ3n) is 6.30. The quantitative estimate of drug-likeness (QED) is 0.156. The monoisotopic (exact) mass is 601 g/mol. The molecule has 8 heteroatoms. The highest BCUT2D eigenvalue weighted by molar-refractivity contribution is 6.30. The number of primary amides is 1. The van der Waals surface area contributed by atoms with Gasteiger partial charge in [-0.15, -0.1) is 0 Å². The lowest BCUT2D eigenvalue weighted by molar-refractivity contribution is -0.926. The Morgan fingerprint density at radius 1 is 0.971 bits per heavy atom. The maximum atomic E-state index is 12.1. The summed E-state index contributed by atoms with van der Waals surface area (Å²) in [4.78, 5) is 25.2. The molecule has 0 saturated carbocycles. The fraction of sp³-hybridized carbons (Fsp3) is 0.462. The molecular weight excluding hydrogens is 565 g/mol. The number of para-hydroxylation sites is 1. The van der Waals surface area contributed by atoms with Crippen LogP contribution in [-0.2, 0) is 16.0 Å². The number of quaternary nitrogens is 1. The van der Waals surface area contributed by atoms with Crippen LogP contribution >= 0.6 is 11.6 Å². The highest BCUT2D eigenvalue weighted by atomic mass is 127. The van der Waals surface area contributed by atoms with Gasteiger partial charge in [0.05, 0.1) is 33.3 Å². The standard InChI is InChI=1S/C26H36ClN3O3.HI/c1-3-30(19-8-7-12-25(31)33-2,21-17-22-13-15-23(27)16-14-22)20-9-18-29(26(28)32)24-10-5-4-6-11-24;/h4-6,10-11,13-16H,3,7-9,12,17-21H2,1-2H3,(H-,28,32);1H. The van der Waals surface area contributed by atoms with Gasteiger partial charge in [0.2, 0.25) is 0 Å². The number of hydrogen-bond acceptors (Lipinski definition) is 3. The number of benzene rings is 2. The molecule has 6 nitrogen and oxygen atoms in total. The molecule has 2 aromatic rings. The summed E-state index contributed by atoms with van der Waals surface area (Å²) in [6.07, 6.45) is 3.98. The molecule has 2 amide bonds.